The lowest BCUT2D eigenvalue weighted by Crippen LogP contribution is -2.58. The van der Waals surface area contributed by atoms with Crippen molar-refractivity contribution in [3.8, 4) is 0 Å². The lowest BCUT2D eigenvalue weighted by Gasteiger charge is -2.36. The van der Waals surface area contributed by atoms with Crippen LogP contribution < -0.4 is 10.6 Å². The highest BCUT2D eigenvalue weighted by atomic mass is 32.2. The number of aliphatic hydroxyl groups excluding tert-OH is 1. The molecule has 1 aliphatic heterocycles. The molecule has 2 amide bonds. The van der Waals surface area contributed by atoms with E-state index < -0.39 is 40.0 Å². The summed E-state index contributed by atoms with van der Waals surface area (Å²) in [6.07, 6.45) is 6.57. The molecule has 2 aliphatic rings. The van der Waals surface area contributed by atoms with Crippen molar-refractivity contribution < 1.29 is 23.1 Å². The quantitative estimate of drug-likeness (QED) is 0.463. The molecule has 11 heteroatoms. The number of aliphatic hydroxyl groups is 1. The molecular formula is C26H36N4O5S2. The SMILES string of the molecule is C[C@@H]1CC[C@H](N(C(=O)[C@H](CC2CCCCC2)NC(=O)c2ccsc2)S(=O)(=O)c2ccccn2)[C@@H](O)CN1. The maximum absolute atomic E-state index is 14.3. The second-order valence-electron chi connectivity index (χ2n) is 10.1. The van der Waals surface area contributed by atoms with Crippen molar-refractivity contribution in [3.05, 3.63) is 46.8 Å². The second kappa shape index (κ2) is 12.5. The zero-order chi connectivity index (χ0) is 26.4. The highest BCUT2D eigenvalue weighted by molar-refractivity contribution is 7.89. The Kier molecular flexibility index (Phi) is 9.33. The van der Waals surface area contributed by atoms with E-state index in [1.807, 2.05) is 6.92 Å². The van der Waals surface area contributed by atoms with E-state index >= 15 is 0 Å². The van der Waals surface area contributed by atoms with Crippen LogP contribution in [0.3, 0.4) is 0 Å². The summed E-state index contributed by atoms with van der Waals surface area (Å²) < 4.78 is 28.7. The van der Waals surface area contributed by atoms with Crippen molar-refractivity contribution in [2.75, 3.05) is 6.54 Å². The van der Waals surface area contributed by atoms with Crippen LogP contribution in [0.4, 0.5) is 0 Å². The number of nitrogens with zero attached hydrogens (tertiary/aromatic N) is 2. The molecule has 2 aromatic heterocycles. The van der Waals surface area contributed by atoms with Gasteiger partial charge in [0.25, 0.3) is 21.8 Å². The number of rotatable bonds is 8. The molecule has 37 heavy (non-hydrogen) atoms. The highest BCUT2D eigenvalue weighted by Gasteiger charge is 2.44. The maximum Gasteiger partial charge on any atom is 0.284 e. The van der Waals surface area contributed by atoms with E-state index in [-0.39, 0.29) is 23.5 Å². The van der Waals surface area contributed by atoms with E-state index in [4.69, 9.17) is 0 Å². The molecule has 0 radical (unpaired) electrons. The lowest BCUT2D eigenvalue weighted by atomic mass is 9.84. The van der Waals surface area contributed by atoms with Crippen LogP contribution in [0.25, 0.3) is 0 Å². The van der Waals surface area contributed by atoms with Crippen molar-refractivity contribution in [2.45, 2.75) is 87.5 Å². The van der Waals surface area contributed by atoms with Crippen LogP contribution in [0.2, 0.25) is 0 Å². The monoisotopic (exact) mass is 548 g/mol. The summed E-state index contributed by atoms with van der Waals surface area (Å²) in [7, 11) is -4.41. The summed E-state index contributed by atoms with van der Waals surface area (Å²) >= 11 is 1.37. The Morgan fingerprint density at radius 3 is 2.65 bits per heavy atom. The average molecular weight is 549 g/mol. The Bertz CT molecular complexity index is 1140. The molecule has 202 valence electrons. The minimum absolute atomic E-state index is 0.0606. The summed E-state index contributed by atoms with van der Waals surface area (Å²) in [5, 5.41) is 20.2. The number of hydrogen-bond acceptors (Lipinski definition) is 8. The Hall–Kier alpha value is -2.34. The number of aromatic nitrogens is 1. The molecule has 9 nitrogen and oxygen atoms in total. The fourth-order valence-electron chi connectivity index (χ4n) is 5.27. The van der Waals surface area contributed by atoms with Crippen molar-refractivity contribution in [1.29, 1.82) is 0 Å². The lowest BCUT2D eigenvalue weighted by molar-refractivity contribution is -0.132. The van der Waals surface area contributed by atoms with E-state index in [0.29, 0.717) is 24.8 Å². The van der Waals surface area contributed by atoms with Gasteiger partial charge < -0.3 is 15.7 Å². The molecule has 3 N–H and O–H groups in total. The average Bonchev–Trinajstić information content (AvgIpc) is 3.40. The van der Waals surface area contributed by atoms with Gasteiger partial charge in [-0.2, -0.15) is 19.8 Å². The van der Waals surface area contributed by atoms with Gasteiger partial charge in [-0.3, -0.25) is 9.59 Å². The fraction of sp³-hybridized carbons (Fsp3) is 0.577. The summed E-state index contributed by atoms with van der Waals surface area (Å²) in [6, 6.07) is 4.20. The predicted molar refractivity (Wildman–Crippen MR) is 142 cm³/mol. The number of carbonyl (C=O) groups excluding carboxylic acids is 2. The molecule has 3 heterocycles. The predicted octanol–water partition coefficient (Wildman–Crippen LogP) is 2.93. The first-order valence-electron chi connectivity index (χ1n) is 13.0. The van der Waals surface area contributed by atoms with Gasteiger partial charge in [-0.05, 0) is 55.7 Å². The van der Waals surface area contributed by atoms with E-state index in [1.54, 1.807) is 29.0 Å². The van der Waals surface area contributed by atoms with Gasteiger partial charge in [0.2, 0.25) is 0 Å². The molecule has 0 spiro atoms. The third-order valence-corrected chi connectivity index (χ3v) is 9.80. The number of nitrogens with one attached hydrogen (secondary N) is 2. The smallest absolute Gasteiger partial charge is 0.284 e. The second-order valence-corrected chi connectivity index (χ2v) is 12.6. The van der Waals surface area contributed by atoms with Crippen LogP contribution in [0, 0.1) is 5.92 Å². The van der Waals surface area contributed by atoms with Crippen LogP contribution in [0.1, 0.15) is 68.6 Å². The van der Waals surface area contributed by atoms with Gasteiger partial charge in [-0.25, -0.2) is 9.29 Å². The van der Waals surface area contributed by atoms with Gasteiger partial charge in [0.1, 0.15) is 6.04 Å². The normalized spacial score (nSPS) is 24.1. The van der Waals surface area contributed by atoms with E-state index in [9.17, 15) is 23.1 Å². The third kappa shape index (κ3) is 6.76. The molecule has 0 bridgehead atoms. The molecule has 0 aromatic carbocycles. The van der Waals surface area contributed by atoms with Crippen molar-refractivity contribution in [2.24, 2.45) is 5.92 Å². The fourth-order valence-corrected chi connectivity index (χ4v) is 7.52. The minimum atomic E-state index is -4.41. The van der Waals surface area contributed by atoms with Crippen LogP contribution >= 0.6 is 11.3 Å². The number of sulfonamides is 1. The minimum Gasteiger partial charge on any atom is -0.390 e. The number of β-amino-alcohol motifs (C(OH)–C–C–N with tert-alkyl or cyclic N) is 1. The third-order valence-electron chi connectivity index (χ3n) is 7.38. The van der Waals surface area contributed by atoms with Crippen molar-refractivity contribution >= 4 is 33.2 Å². The molecular weight excluding hydrogens is 512 g/mol. The van der Waals surface area contributed by atoms with E-state index in [1.165, 1.54) is 23.6 Å². The largest absolute Gasteiger partial charge is 0.390 e. The summed E-state index contributed by atoms with van der Waals surface area (Å²) in [4.78, 5) is 31.3. The Balaban J connectivity index is 1.72. The summed E-state index contributed by atoms with van der Waals surface area (Å²) in [6.45, 7) is 2.11. The van der Waals surface area contributed by atoms with Gasteiger partial charge in [-0.15, -0.1) is 0 Å². The Labute approximate surface area is 222 Å². The first-order valence-corrected chi connectivity index (χ1v) is 15.4. The topological polar surface area (TPSA) is 129 Å². The first-order chi connectivity index (χ1) is 17.8. The van der Waals surface area contributed by atoms with Crippen LogP contribution in [-0.4, -0.2) is 65.4 Å². The highest BCUT2D eigenvalue weighted by Crippen LogP contribution is 2.30. The van der Waals surface area contributed by atoms with Crippen LogP contribution in [-0.2, 0) is 14.8 Å². The Morgan fingerprint density at radius 1 is 1.19 bits per heavy atom. The standard InChI is InChI=1S/C26H36N4O5S2/c1-18-10-11-22(23(31)16-28-18)30(37(34,35)24-9-5-6-13-27-24)26(33)21(15-19-7-3-2-4-8-19)29-25(32)20-12-14-36-17-20/h5-6,9,12-14,17-19,21-23,28,31H,2-4,7-8,10-11,15-16H2,1H3,(H,29,32)/t18-,21+,22+,23+/m1/s1. The molecule has 4 rings (SSSR count). The van der Waals surface area contributed by atoms with Crippen molar-refractivity contribution in [3.63, 3.8) is 0 Å². The van der Waals surface area contributed by atoms with E-state index in [2.05, 4.69) is 15.6 Å². The number of pyridine rings is 1. The Morgan fingerprint density at radius 2 is 1.97 bits per heavy atom. The number of carbonyl (C=O) groups is 2. The first kappa shape index (κ1) is 27.7. The number of thiophene rings is 1. The van der Waals surface area contributed by atoms with Gasteiger partial charge in [0.05, 0.1) is 17.7 Å². The molecule has 4 atom stereocenters. The van der Waals surface area contributed by atoms with Crippen LogP contribution in [0.5, 0.6) is 0 Å². The van der Waals surface area contributed by atoms with Gasteiger partial charge in [-0.1, -0.05) is 38.2 Å². The molecule has 2 fully saturated rings. The molecule has 1 saturated heterocycles. The zero-order valence-corrected chi connectivity index (χ0v) is 22.7. The number of amides is 2. The zero-order valence-electron chi connectivity index (χ0n) is 21.1. The van der Waals surface area contributed by atoms with Crippen LogP contribution in [0.15, 0.2) is 46.2 Å². The number of hydrogen-bond donors (Lipinski definition) is 3. The van der Waals surface area contributed by atoms with Crippen molar-refractivity contribution in [1.82, 2.24) is 19.9 Å². The van der Waals surface area contributed by atoms with E-state index in [0.717, 1.165) is 36.4 Å². The molecule has 2 aromatic rings. The molecule has 1 saturated carbocycles. The summed E-state index contributed by atoms with van der Waals surface area (Å²) in [5.41, 5.74) is 0.429. The van der Waals surface area contributed by atoms with Gasteiger partial charge >= 0.3 is 0 Å². The molecule has 1 aliphatic carbocycles. The maximum atomic E-state index is 14.3. The van der Waals surface area contributed by atoms with Gasteiger partial charge in [0, 0.05) is 24.2 Å². The summed E-state index contributed by atoms with van der Waals surface area (Å²) in [5.74, 6) is -0.939. The van der Waals surface area contributed by atoms with Gasteiger partial charge in [0.15, 0.2) is 5.03 Å². The molecule has 0 unspecified atom stereocenters.